The summed E-state index contributed by atoms with van der Waals surface area (Å²) in [6.07, 6.45) is 0. The summed E-state index contributed by atoms with van der Waals surface area (Å²) < 4.78 is 5.01. The van der Waals surface area contributed by atoms with Crippen molar-refractivity contribution >= 4 is 86.7 Å². The third kappa shape index (κ3) is 7.41. The molecule has 0 spiro atoms. The van der Waals surface area contributed by atoms with Crippen molar-refractivity contribution in [3.8, 4) is 79.7 Å². The molecule has 0 radical (unpaired) electrons. The molecule has 0 aliphatic rings. The summed E-state index contributed by atoms with van der Waals surface area (Å²) >= 11 is 0. The Hall–Kier alpha value is -11.5. The van der Waals surface area contributed by atoms with E-state index in [-0.39, 0.29) is 0 Å². The molecule has 0 fully saturated rings. The molecule has 0 saturated carbocycles. The Kier molecular flexibility index (Phi) is 10.8. The number of para-hydroxylation sites is 2. The molecular formula is C76H46N8. The van der Waals surface area contributed by atoms with Crippen molar-refractivity contribution in [2.45, 2.75) is 0 Å². The van der Waals surface area contributed by atoms with Crippen LogP contribution in [0.1, 0.15) is 0 Å². The molecule has 0 aliphatic carbocycles. The molecule has 13 aromatic carbocycles. The Balaban J connectivity index is 0.932. The molecule has 17 rings (SSSR count). The van der Waals surface area contributed by atoms with E-state index >= 15 is 0 Å². The van der Waals surface area contributed by atoms with Gasteiger partial charge < -0.3 is 9.13 Å². The number of benzene rings is 13. The second-order valence-electron chi connectivity index (χ2n) is 21.3. The lowest BCUT2D eigenvalue weighted by Gasteiger charge is -2.20. The van der Waals surface area contributed by atoms with E-state index < -0.39 is 0 Å². The highest BCUT2D eigenvalue weighted by Gasteiger charge is 2.27. The lowest BCUT2D eigenvalue weighted by atomic mass is 9.93. The quantitative estimate of drug-likeness (QED) is 0.141. The second-order valence-corrected chi connectivity index (χ2v) is 21.3. The fourth-order valence-electron chi connectivity index (χ4n) is 12.9. The number of fused-ring (bicyclic) bond motifs is 10. The first kappa shape index (κ1) is 47.3. The summed E-state index contributed by atoms with van der Waals surface area (Å²) in [5, 5.41) is 13.1. The van der Waals surface area contributed by atoms with E-state index in [1.165, 1.54) is 0 Å². The summed E-state index contributed by atoms with van der Waals surface area (Å²) in [4.78, 5) is 31.5. The van der Waals surface area contributed by atoms with Gasteiger partial charge in [-0.25, -0.2) is 29.9 Å². The van der Waals surface area contributed by atoms with Crippen LogP contribution in [0.2, 0.25) is 0 Å². The zero-order valence-corrected chi connectivity index (χ0v) is 45.1. The number of aromatic nitrogens is 8. The van der Waals surface area contributed by atoms with Gasteiger partial charge in [0.15, 0.2) is 34.9 Å². The van der Waals surface area contributed by atoms with Gasteiger partial charge in [0.1, 0.15) is 0 Å². The van der Waals surface area contributed by atoms with Gasteiger partial charge in [-0.1, -0.05) is 255 Å². The molecule has 0 aliphatic heterocycles. The van der Waals surface area contributed by atoms with Crippen molar-refractivity contribution < 1.29 is 0 Å². The van der Waals surface area contributed by atoms with Gasteiger partial charge in [0.25, 0.3) is 0 Å². The average Bonchev–Trinajstić information content (AvgIpc) is 2.35. The van der Waals surface area contributed by atoms with E-state index in [1.54, 1.807) is 0 Å². The summed E-state index contributed by atoms with van der Waals surface area (Å²) in [6.45, 7) is 0. The SMILES string of the molecule is c1ccc(-c2nc(-c3ccccc3)nc(-c3c4ccccc4c(-n4c5ccccc5c5cc6c(cc54)c4ccccc4n6-c4c5ccccc5c(-c5nc(-c6ccccc6)nc(-c6ccccc6)n5)c5ccccc45)c4ccccc34)n2)cc1. The van der Waals surface area contributed by atoms with Gasteiger partial charge in [0.2, 0.25) is 0 Å². The smallest absolute Gasteiger partial charge is 0.165 e. The molecule has 8 nitrogen and oxygen atoms in total. The highest BCUT2D eigenvalue weighted by molar-refractivity contribution is 6.25. The minimum Gasteiger partial charge on any atom is -0.308 e. The first-order valence-electron chi connectivity index (χ1n) is 28.3. The minimum atomic E-state index is 0.619. The van der Waals surface area contributed by atoms with Crippen molar-refractivity contribution in [2.75, 3.05) is 0 Å². The van der Waals surface area contributed by atoms with Crippen molar-refractivity contribution in [1.82, 2.24) is 39.0 Å². The number of nitrogens with zero attached hydrogens (tertiary/aromatic N) is 8. The molecule has 4 heterocycles. The van der Waals surface area contributed by atoms with Crippen LogP contribution in [0.3, 0.4) is 0 Å². The van der Waals surface area contributed by atoms with E-state index in [2.05, 4.69) is 215 Å². The minimum absolute atomic E-state index is 0.619. The third-order valence-electron chi connectivity index (χ3n) is 16.6. The van der Waals surface area contributed by atoms with Gasteiger partial charge in [-0.3, -0.25) is 0 Å². The predicted octanol–water partition coefficient (Wildman–Crippen LogP) is 18.9. The fourth-order valence-corrected chi connectivity index (χ4v) is 12.9. The number of hydrogen-bond donors (Lipinski definition) is 0. The van der Waals surface area contributed by atoms with Crippen LogP contribution in [0, 0.1) is 0 Å². The first-order chi connectivity index (χ1) is 41.7. The molecule has 0 atom stereocenters. The van der Waals surface area contributed by atoms with Crippen molar-refractivity contribution in [1.29, 1.82) is 0 Å². The Morgan fingerprint density at radius 2 is 0.405 bits per heavy atom. The summed E-state index contributed by atoms with van der Waals surface area (Å²) in [5.41, 5.74) is 12.2. The molecule has 390 valence electrons. The van der Waals surface area contributed by atoms with Crippen molar-refractivity contribution in [3.05, 3.63) is 279 Å². The van der Waals surface area contributed by atoms with Gasteiger partial charge in [-0.2, -0.15) is 0 Å². The molecule has 0 bridgehead atoms. The monoisotopic (exact) mass is 1070 g/mol. The maximum Gasteiger partial charge on any atom is 0.165 e. The predicted molar refractivity (Wildman–Crippen MR) is 345 cm³/mol. The Bertz CT molecular complexity index is 4910. The second kappa shape index (κ2) is 19.1. The van der Waals surface area contributed by atoms with Gasteiger partial charge in [-0.15, -0.1) is 0 Å². The normalized spacial score (nSPS) is 11.8. The van der Waals surface area contributed by atoms with Crippen LogP contribution in [-0.4, -0.2) is 39.0 Å². The van der Waals surface area contributed by atoms with Crippen LogP contribution in [-0.2, 0) is 0 Å². The van der Waals surface area contributed by atoms with E-state index in [1.807, 2.05) is 72.8 Å². The molecule has 8 heteroatoms. The zero-order chi connectivity index (χ0) is 55.2. The largest absolute Gasteiger partial charge is 0.308 e. The Labute approximate surface area is 481 Å². The molecule has 0 N–H and O–H groups in total. The highest BCUT2D eigenvalue weighted by atomic mass is 15.1. The number of hydrogen-bond acceptors (Lipinski definition) is 6. The van der Waals surface area contributed by atoms with Crippen LogP contribution >= 0.6 is 0 Å². The molecule has 17 aromatic rings. The van der Waals surface area contributed by atoms with Crippen LogP contribution in [0.25, 0.3) is 166 Å². The average molecular weight is 1070 g/mol. The van der Waals surface area contributed by atoms with E-state index in [0.717, 1.165) is 131 Å². The Morgan fingerprint density at radius 1 is 0.179 bits per heavy atom. The van der Waals surface area contributed by atoms with Crippen molar-refractivity contribution in [2.24, 2.45) is 0 Å². The van der Waals surface area contributed by atoms with Crippen molar-refractivity contribution in [3.63, 3.8) is 0 Å². The van der Waals surface area contributed by atoms with Crippen LogP contribution < -0.4 is 0 Å². The number of rotatable bonds is 8. The molecule has 84 heavy (non-hydrogen) atoms. The summed E-state index contributed by atoms with van der Waals surface area (Å²) in [5.74, 6) is 3.73. The lowest BCUT2D eigenvalue weighted by molar-refractivity contribution is 1.08. The van der Waals surface area contributed by atoms with Gasteiger partial charge >= 0.3 is 0 Å². The van der Waals surface area contributed by atoms with E-state index in [4.69, 9.17) is 29.9 Å². The molecule has 0 unspecified atom stereocenters. The zero-order valence-electron chi connectivity index (χ0n) is 45.1. The first-order valence-corrected chi connectivity index (χ1v) is 28.3. The lowest BCUT2D eigenvalue weighted by Crippen LogP contribution is -2.03. The maximum atomic E-state index is 5.33. The molecular weight excluding hydrogens is 1020 g/mol. The van der Waals surface area contributed by atoms with Gasteiger partial charge in [0, 0.05) is 76.5 Å². The fraction of sp³-hybridized carbons (Fsp3) is 0. The summed E-state index contributed by atoms with van der Waals surface area (Å²) in [7, 11) is 0. The van der Waals surface area contributed by atoms with E-state index in [9.17, 15) is 0 Å². The molecule has 0 saturated heterocycles. The van der Waals surface area contributed by atoms with Crippen LogP contribution in [0.15, 0.2) is 279 Å². The van der Waals surface area contributed by atoms with Gasteiger partial charge in [-0.05, 0) is 45.8 Å². The topological polar surface area (TPSA) is 87.2 Å². The third-order valence-corrected chi connectivity index (χ3v) is 16.6. The molecule has 4 aromatic heterocycles. The van der Waals surface area contributed by atoms with Gasteiger partial charge in [0.05, 0.1) is 33.4 Å². The Morgan fingerprint density at radius 3 is 0.690 bits per heavy atom. The molecule has 0 amide bonds. The summed E-state index contributed by atoms with van der Waals surface area (Å²) in [6, 6.07) is 98.4. The van der Waals surface area contributed by atoms with Crippen LogP contribution in [0.4, 0.5) is 0 Å². The highest BCUT2D eigenvalue weighted by Crippen LogP contribution is 2.48. The maximum absolute atomic E-state index is 5.33. The van der Waals surface area contributed by atoms with Crippen LogP contribution in [0.5, 0.6) is 0 Å². The van der Waals surface area contributed by atoms with E-state index in [0.29, 0.717) is 34.9 Å². The standard InChI is InChI=1S/C76H46N8/c1-5-25-47(26-6-1)71-77-72(48-27-7-2-8-28-48)80-75(79-71)67-53-35-13-17-39-57(53)69(58-40-18-14-36-54(58)67)83-63-43-23-21-33-51(63)61-46-66-62(45-65(61)83)52-34-22-24-44-64(52)84(66)70-59-41-19-15-37-55(59)68(56-38-16-20-42-60(56)70)76-81-73(49-29-9-3-10-30-49)78-74(82-76)50-31-11-4-12-32-50/h1-46H.